The van der Waals surface area contributed by atoms with E-state index in [4.69, 9.17) is 16.3 Å². The van der Waals surface area contributed by atoms with Crippen LogP contribution in [0.3, 0.4) is 0 Å². The number of nitrogens with zero attached hydrogens (tertiary/aromatic N) is 2. The zero-order valence-electron chi connectivity index (χ0n) is 9.74. The summed E-state index contributed by atoms with van der Waals surface area (Å²) in [5, 5.41) is 0.0647. The average Bonchev–Trinajstić information content (AvgIpc) is 3.17. The Hall–Kier alpha value is -1.20. The molecule has 1 aromatic carbocycles. The standard InChI is InChI=1S/C13H9BrClFN2O/c14-11-6-12(18-13(17-11)7-1-2-7)19-8-3-4-9(15)10(16)5-8/h3-7H,1-2H2. The van der Waals surface area contributed by atoms with Gasteiger partial charge in [-0.15, -0.1) is 0 Å². The second-order valence-electron chi connectivity index (χ2n) is 4.34. The second kappa shape index (κ2) is 5.06. The number of halogens is 3. The Morgan fingerprint density at radius 1 is 1.26 bits per heavy atom. The fourth-order valence-electron chi connectivity index (χ4n) is 1.65. The Morgan fingerprint density at radius 3 is 2.74 bits per heavy atom. The molecule has 1 aliphatic rings. The van der Waals surface area contributed by atoms with Gasteiger partial charge in [0.1, 0.15) is 22.0 Å². The minimum atomic E-state index is -0.519. The lowest BCUT2D eigenvalue weighted by atomic mass is 10.3. The van der Waals surface area contributed by atoms with E-state index >= 15 is 0 Å². The first-order valence-electron chi connectivity index (χ1n) is 5.79. The lowest BCUT2D eigenvalue weighted by Crippen LogP contribution is -1.96. The van der Waals surface area contributed by atoms with Crippen molar-refractivity contribution in [3.8, 4) is 11.6 Å². The molecule has 3 nitrogen and oxygen atoms in total. The Labute approximate surface area is 122 Å². The van der Waals surface area contributed by atoms with E-state index in [9.17, 15) is 4.39 Å². The molecule has 0 N–H and O–H groups in total. The fourth-order valence-corrected chi connectivity index (χ4v) is 2.15. The van der Waals surface area contributed by atoms with Gasteiger partial charge in [-0.3, -0.25) is 0 Å². The Balaban J connectivity index is 1.87. The van der Waals surface area contributed by atoms with Gasteiger partial charge in [-0.2, -0.15) is 4.98 Å². The summed E-state index contributed by atoms with van der Waals surface area (Å²) in [6, 6.07) is 5.93. The molecule has 1 aliphatic carbocycles. The largest absolute Gasteiger partial charge is 0.439 e. The van der Waals surface area contributed by atoms with Crippen molar-refractivity contribution in [2.24, 2.45) is 0 Å². The first-order chi connectivity index (χ1) is 9.11. The normalized spacial score (nSPS) is 14.5. The monoisotopic (exact) mass is 342 g/mol. The SMILES string of the molecule is Fc1cc(Oc2cc(Br)nc(C3CC3)n2)ccc1Cl. The van der Waals surface area contributed by atoms with Crippen molar-refractivity contribution in [2.75, 3.05) is 0 Å². The zero-order chi connectivity index (χ0) is 13.4. The highest BCUT2D eigenvalue weighted by Gasteiger charge is 2.27. The van der Waals surface area contributed by atoms with Crippen LogP contribution in [0.2, 0.25) is 5.02 Å². The maximum absolute atomic E-state index is 13.3. The maximum atomic E-state index is 13.3. The number of hydrogen-bond donors (Lipinski definition) is 0. The quantitative estimate of drug-likeness (QED) is 0.758. The van der Waals surface area contributed by atoms with Crippen molar-refractivity contribution in [3.05, 3.63) is 45.5 Å². The van der Waals surface area contributed by atoms with Gasteiger partial charge < -0.3 is 4.74 Å². The van der Waals surface area contributed by atoms with Crippen molar-refractivity contribution in [1.29, 1.82) is 0 Å². The zero-order valence-corrected chi connectivity index (χ0v) is 12.1. The van der Waals surface area contributed by atoms with Crippen LogP contribution in [-0.2, 0) is 0 Å². The van der Waals surface area contributed by atoms with Crippen molar-refractivity contribution in [1.82, 2.24) is 9.97 Å². The summed E-state index contributed by atoms with van der Waals surface area (Å²) in [5.41, 5.74) is 0. The third-order valence-electron chi connectivity index (χ3n) is 2.74. The molecular formula is C13H9BrClFN2O. The molecule has 0 saturated heterocycles. The van der Waals surface area contributed by atoms with Crippen molar-refractivity contribution < 1.29 is 9.13 Å². The third-order valence-corrected chi connectivity index (χ3v) is 3.46. The van der Waals surface area contributed by atoms with E-state index < -0.39 is 5.82 Å². The Kier molecular flexibility index (Phi) is 3.41. The molecule has 6 heteroatoms. The summed E-state index contributed by atoms with van der Waals surface area (Å²) in [6.07, 6.45) is 2.21. The molecule has 1 fully saturated rings. The van der Waals surface area contributed by atoms with Gasteiger partial charge in [0.25, 0.3) is 0 Å². The molecule has 19 heavy (non-hydrogen) atoms. The summed E-state index contributed by atoms with van der Waals surface area (Å²) >= 11 is 8.94. The minimum absolute atomic E-state index is 0.0647. The molecular weight excluding hydrogens is 335 g/mol. The molecule has 1 saturated carbocycles. The molecule has 1 aromatic heterocycles. The predicted molar refractivity (Wildman–Crippen MR) is 73.2 cm³/mol. The van der Waals surface area contributed by atoms with Gasteiger partial charge in [0.15, 0.2) is 0 Å². The molecule has 0 unspecified atom stereocenters. The summed E-state index contributed by atoms with van der Waals surface area (Å²) < 4.78 is 19.5. The van der Waals surface area contributed by atoms with Crippen molar-refractivity contribution >= 4 is 27.5 Å². The van der Waals surface area contributed by atoms with Crippen molar-refractivity contribution in [3.63, 3.8) is 0 Å². The van der Waals surface area contributed by atoms with Gasteiger partial charge in [-0.05, 0) is 40.9 Å². The van der Waals surface area contributed by atoms with E-state index in [-0.39, 0.29) is 5.02 Å². The highest BCUT2D eigenvalue weighted by molar-refractivity contribution is 9.10. The van der Waals surface area contributed by atoms with Crippen LogP contribution in [0.5, 0.6) is 11.6 Å². The summed E-state index contributed by atoms with van der Waals surface area (Å²) in [7, 11) is 0. The average molecular weight is 344 g/mol. The molecule has 0 spiro atoms. The van der Waals surface area contributed by atoms with E-state index in [1.54, 1.807) is 12.1 Å². The number of rotatable bonds is 3. The number of aromatic nitrogens is 2. The lowest BCUT2D eigenvalue weighted by molar-refractivity contribution is 0.453. The second-order valence-corrected chi connectivity index (χ2v) is 5.56. The Bertz CT molecular complexity index is 634. The molecule has 3 rings (SSSR count). The molecule has 98 valence electrons. The summed E-state index contributed by atoms with van der Waals surface area (Å²) in [4.78, 5) is 8.62. The van der Waals surface area contributed by atoms with Crippen LogP contribution in [0.1, 0.15) is 24.6 Å². The minimum Gasteiger partial charge on any atom is -0.439 e. The fraction of sp³-hybridized carbons (Fsp3) is 0.231. The van der Waals surface area contributed by atoms with Gasteiger partial charge in [0.05, 0.1) is 5.02 Å². The number of hydrogen-bond acceptors (Lipinski definition) is 3. The van der Waals surface area contributed by atoms with Crippen LogP contribution < -0.4 is 4.74 Å². The van der Waals surface area contributed by atoms with E-state index in [0.29, 0.717) is 22.2 Å². The van der Waals surface area contributed by atoms with Crippen LogP contribution in [0.15, 0.2) is 28.9 Å². The van der Waals surface area contributed by atoms with Crippen LogP contribution in [0, 0.1) is 5.82 Å². The molecule has 0 radical (unpaired) electrons. The first kappa shape index (κ1) is 12.8. The molecule has 2 aromatic rings. The third kappa shape index (κ3) is 3.04. The van der Waals surface area contributed by atoms with Gasteiger partial charge >= 0.3 is 0 Å². The number of benzene rings is 1. The van der Waals surface area contributed by atoms with Crippen LogP contribution in [-0.4, -0.2) is 9.97 Å². The van der Waals surface area contributed by atoms with Crippen molar-refractivity contribution in [2.45, 2.75) is 18.8 Å². The highest BCUT2D eigenvalue weighted by atomic mass is 79.9. The molecule has 0 atom stereocenters. The smallest absolute Gasteiger partial charge is 0.223 e. The van der Waals surface area contributed by atoms with E-state index in [2.05, 4.69) is 25.9 Å². The topological polar surface area (TPSA) is 35.0 Å². The molecule has 0 aliphatic heterocycles. The highest BCUT2D eigenvalue weighted by Crippen LogP contribution is 2.39. The first-order valence-corrected chi connectivity index (χ1v) is 6.96. The summed E-state index contributed by atoms with van der Waals surface area (Å²) in [6.45, 7) is 0. The van der Waals surface area contributed by atoms with E-state index in [1.165, 1.54) is 12.1 Å². The van der Waals surface area contributed by atoms with E-state index in [0.717, 1.165) is 18.7 Å². The van der Waals surface area contributed by atoms with Gasteiger partial charge in [-0.1, -0.05) is 11.6 Å². The number of ether oxygens (including phenoxy) is 1. The summed E-state index contributed by atoms with van der Waals surface area (Å²) in [5.74, 6) is 1.41. The van der Waals surface area contributed by atoms with Gasteiger partial charge in [0.2, 0.25) is 5.88 Å². The van der Waals surface area contributed by atoms with Crippen LogP contribution in [0.4, 0.5) is 4.39 Å². The Morgan fingerprint density at radius 2 is 2.05 bits per heavy atom. The molecule has 0 amide bonds. The van der Waals surface area contributed by atoms with Gasteiger partial charge in [0, 0.05) is 18.1 Å². The predicted octanol–water partition coefficient (Wildman–Crippen LogP) is 4.70. The van der Waals surface area contributed by atoms with Gasteiger partial charge in [-0.25, -0.2) is 9.37 Å². The van der Waals surface area contributed by atoms with Crippen LogP contribution in [0.25, 0.3) is 0 Å². The van der Waals surface area contributed by atoms with Crippen LogP contribution >= 0.6 is 27.5 Å². The molecule has 0 bridgehead atoms. The van der Waals surface area contributed by atoms with E-state index in [1.807, 2.05) is 0 Å². The lowest BCUT2D eigenvalue weighted by Gasteiger charge is -2.07. The maximum Gasteiger partial charge on any atom is 0.223 e. The molecule has 1 heterocycles.